The number of carbonyl (C=O) groups excluding carboxylic acids is 2. The third-order valence-corrected chi connectivity index (χ3v) is 8.62. The molecular weight excluding hydrogens is 540 g/mol. The van der Waals surface area contributed by atoms with Crippen molar-refractivity contribution < 1.29 is 14.3 Å². The summed E-state index contributed by atoms with van der Waals surface area (Å²) in [5.74, 6) is -0.116. The standard InChI is InChI=1S/C36H70N2O3S/c1-5-7-9-11-13-14-15-16-17-18-19-20-21-22-24-28-32-38(36(40)42-37(3)4)33-29-26-27-31-35(39)41-34-30-25-23-12-10-8-6-2/h25,30H,5-24,26-29,31-34H2,1-4H3/b30-25-. The van der Waals surface area contributed by atoms with Gasteiger partial charge in [-0.2, -0.15) is 0 Å². The Balaban J connectivity index is 3.84. The van der Waals surface area contributed by atoms with Crippen molar-refractivity contribution in [3.8, 4) is 0 Å². The van der Waals surface area contributed by atoms with Crippen LogP contribution in [0.15, 0.2) is 12.2 Å². The van der Waals surface area contributed by atoms with Gasteiger partial charge >= 0.3 is 5.97 Å². The number of esters is 1. The second-order valence-electron chi connectivity index (χ2n) is 12.3. The maximum Gasteiger partial charge on any atom is 0.306 e. The lowest BCUT2D eigenvalue weighted by molar-refractivity contribution is -0.142. The summed E-state index contributed by atoms with van der Waals surface area (Å²) in [5.41, 5.74) is 0. The summed E-state index contributed by atoms with van der Waals surface area (Å²) in [5, 5.41) is 0.141. The molecule has 5 nitrogen and oxygen atoms in total. The van der Waals surface area contributed by atoms with Crippen molar-refractivity contribution in [3.63, 3.8) is 0 Å². The highest BCUT2D eigenvalue weighted by Gasteiger charge is 2.15. The van der Waals surface area contributed by atoms with Crippen LogP contribution in [0.25, 0.3) is 0 Å². The lowest BCUT2D eigenvalue weighted by atomic mass is 10.0. The minimum atomic E-state index is -0.116. The normalized spacial score (nSPS) is 11.5. The molecule has 0 rings (SSSR count). The van der Waals surface area contributed by atoms with Gasteiger partial charge in [0.25, 0.3) is 5.24 Å². The van der Waals surface area contributed by atoms with E-state index in [1.54, 1.807) is 0 Å². The molecule has 6 heteroatoms. The average Bonchev–Trinajstić information content (AvgIpc) is 2.96. The number of unbranched alkanes of at least 4 members (excludes halogenated alkanes) is 21. The van der Waals surface area contributed by atoms with Crippen LogP contribution in [0.1, 0.15) is 174 Å². The molecule has 0 aromatic carbocycles. The number of nitrogens with zero attached hydrogens (tertiary/aromatic N) is 2. The number of ether oxygens (including phenoxy) is 1. The summed E-state index contributed by atoms with van der Waals surface area (Å²) in [6, 6.07) is 0. The first-order chi connectivity index (χ1) is 20.5. The molecule has 0 aliphatic rings. The third kappa shape index (κ3) is 30.4. The Morgan fingerprint density at radius 1 is 0.571 bits per heavy atom. The minimum Gasteiger partial charge on any atom is -0.461 e. The van der Waals surface area contributed by atoms with Crippen molar-refractivity contribution in [2.75, 3.05) is 33.8 Å². The van der Waals surface area contributed by atoms with Gasteiger partial charge in [0.2, 0.25) is 0 Å². The second kappa shape index (κ2) is 32.9. The van der Waals surface area contributed by atoms with Gasteiger partial charge in [0, 0.05) is 31.5 Å². The number of allylic oxidation sites excluding steroid dienone is 1. The zero-order valence-electron chi connectivity index (χ0n) is 28.5. The van der Waals surface area contributed by atoms with Gasteiger partial charge in [0.15, 0.2) is 0 Å². The molecule has 0 unspecified atom stereocenters. The van der Waals surface area contributed by atoms with E-state index >= 15 is 0 Å². The van der Waals surface area contributed by atoms with Crippen LogP contribution in [0.3, 0.4) is 0 Å². The monoisotopic (exact) mass is 611 g/mol. The van der Waals surface area contributed by atoms with E-state index in [1.807, 2.05) is 29.4 Å². The molecule has 0 heterocycles. The van der Waals surface area contributed by atoms with Crippen molar-refractivity contribution in [2.24, 2.45) is 0 Å². The van der Waals surface area contributed by atoms with Crippen LogP contribution in [0.2, 0.25) is 0 Å². The van der Waals surface area contributed by atoms with Gasteiger partial charge in [-0.15, -0.1) is 0 Å². The van der Waals surface area contributed by atoms with Gasteiger partial charge < -0.3 is 9.64 Å². The summed E-state index contributed by atoms with van der Waals surface area (Å²) in [6.07, 6.45) is 35.1. The topological polar surface area (TPSA) is 49.9 Å². The first-order valence-electron chi connectivity index (χ1n) is 18.0. The second-order valence-corrected chi connectivity index (χ2v) is 13.5. The fourth-order valence-corrected chi connectivity index (χ4v) is 5.81. The van der Waals surface area contributed by atoms with E-state index in [9.17, 15) is 9.59 Å². The van der Waals surface area contributed by atoms with Gasteiger partial charge in [-0.05, 0) is 46.2 Å². The molecule has 0 radical (unpaired) electrons. The molecule has 0 aliphatic heterocycles. The highest BCUT2D eigenvalue weighted by molar-refractivity contribution is 8.11. The predicted molar refractivity (Wildman–Crippen MR) is 185 cm³/mol. The summed E-state index contributed by atoms with van der Waals surface area (Å²) < 4.78 is 7.19. The van der Waals surface area contributed by atoms with Gasteiger partial charge in [-0.25, -0.2) is 4.31 Å². The minimum absolute atomic E-state index is 0.116. The number of hydrogen-bond donors (Lipinski definition) is 0. The van der Waals surface area contributed by atoms with Gasteiger partial charge in [-0.1, -0.05) is 148 Å². The number of rotatable bonds is 31. The summed E-state index contributed by atoms with van der Waals surface area (Å²) >= 11 is 1.28. The Kier molecular flexibility index (Phi) is 32.1. The molecular formula is C36H70N2O3S. The van der Waals surface area contributed by atoms with E-state index in [4.69, 9.17) is 4.74 Å². The molecule has 0 saturated carbocycles. The van der Waals surface area contributed by atoms with Crippen LogP contribution in [-0.4, -0.2) is 54.2 Å². The zero-order chi connectivity index (χ0) is 30.9. The van der Waals surface area contributed by atoms with Crippen molar-refractivity contribution in [3.05, 3.63) is 12.2 Å². The molecule has 0 saturated heterocycles. The molecule has 0 bridgehead atoms. The smallest absolute Gasteiger partial charge is 0.306 e. The molecule has 1 amide bonds. The molecule has 0 fully saturated rings. The van der Waals surface area contributed by atoms with Crippen LogP contribution < -0.4 is 0 Å². The zero-order valence-corrected chi connectivity index (χ0v) is 29.3. The van der Waals surface area contributed by atoms with Gasteiger partial charge in [-0.3, -0.25) is 9.59 Å². The van der Waals surface area contributed by atoms with E-state index in [0.717, 1.165) is 45.2 Å². The SMILES string of the molecule is CCCCCC/C=C\COC(=O)CCCCCN(CCCCCCCCCCCCCCCCCC)C(=O)SN(C)C. The van der Waals surface area contributed by atoms with Gasteiger partial charge in [0.1, 0.15) is 6.61 Å². The van der Waals surface area contributed by atoms with Crippen LogP contribution in [0, 0.1) is 0 Å². The molecule has 0 aromatic heterocycles. The van der Waals surface area contributed by atoms with Crippen LogP contribution in [-0.2, 0) is 9.53 Å². The molecule has 42 heavy (non-hydrogen) atoms. The quantitative estimate of drug-likeness (QED) is 0.0338. The Morgan fingerprint density at radius 2 is 1.00 bits per heavy atom. The summed E-state index contributed by atoms with van der Waals surface area (Å²) in [7, 11) is 3.84. The molecule has 0 aliphatic carbocycles. The lowest BCUT2D eigenvalue weighted by Gasteiger charge is -2.23. The first kappa shape index (κ1) is 41.0. The third-order valence-electron chi connectivity index (χ3n) is 7.84. The summed E-state index contributed by atoms with van der Waals surface area (Å²) in [4.78, 5) is 26.7. The Labute approximate surface area is 266 Å². The van der Waals surface area contributed by atoms with Crippen LogP contribution in [0.4, 0.5) is 4.79 Å². The Morgan fingerprint density at radius 3 is 1.48 bits per heavy atom. The fraction of sp³-hybridized carbons (Fsp3) is 0.889. The number of amides is 1. The van der Waals surface area contributed by atoms with Crippen molar-refractivity contribution in [1.29, 1.82) is 0 Å². The number of carbonyl (C=O) groups is 2. The number of hydrogen-bond acceptors (Lipinski definition) is 5. The highest BCUT2D eigenvalue weighted by Crippen LogP contribution is 2.16. The Bertz CT molecular complexity index is 627. The fourth-order valence-electron chi connectivity index (χ4n) is 5.20. The van der Waals surface area contributed by atoms with E-state index < -0.39 is 0 Å². The van der Waals surface area contributed by atoms with Crippen LogP contribution >= 0.6 is 11.9 Å². The highest BCUT2D eigenvalue weighted by atomic mass is 32.2. The molecule has 0 N–H and O–H groups in total. The first-order valence-corrected chi connectivity index (χ1v) is 18.7. The molecule has 0 spiro atoms. The molecule has 0 aromatic rings. The van der Waals surface area contributed by atoms with Crippen LogP contribution in [0.5, 0.6) is 0 Å². The predicted octanol–water partition coefficient (Wildman–Crippen LogP) is 11.5. The van der Waals surface area contributed by atoms with Gasteiger partial charge in [0.05, 0.1) is 0 Å². The van der Waals surface area contributed by atoms with Crippen molar-refractivity contribution in [1.82, 2.24) is 9.21 Å². The van der Waals surface area contributed by atoms with E-state index in [0.29, 0.717) is 13.0 Å². The van der Waals surface area contributed by atoms with E-state index in [1.165, 1.54) is 134 Å². The maximum atomic E-state index is 12.7. The molecule has 0 atom stereocenters. The average molecular weight is 611 g/mol. The van der Waals surface area contributed by atoms with Crippen molar-refractivity contribution >= 4 is 23.2 Å². The lowest BCUT2D eigenvalue weighted by Crippen LogP contribution is -2.31. The molecule has 248 valence electrons. The Hall–Kier alpha value is -1.01. The summed E-state index contributed by atoms with van der Waals surface area (Å²) in [6.45, 7) is 6.50. The largest absolute Gasteiger partial charge is 0.461 e. The maximum absolute atomic E-state index is 12.7. The van der Waals surface area contributed by atoms with E-state index in [-0.39, 0.29) is 11.2 Å². The van der Waals surface area contributed by atoms with Crippen molar-refractivity contribution in [2.45, 2.75) is 174 Å². The van der Waals surface area contributed by atoms with E-state index in [2.05, 4.69) is 19.9 Å².